The summed E-state index contributed by atoms with van der Waals surface area (Å²) in [6.45, 7) is 10.5. The Bertz CT molecular complexity index is 642. The van der Waals surface area contributed by atoms with Gasteiger partial charge in [0.25, 0.3) is 5.91 Å². The molecule has 156 valence electrons. The molecule has 1 aromatic rings. The molecule has 0 radical (unpaired) electrons. The maximum Gasteiger partial charge on any atom is 0.410 e. The molecule has 6 heteroatoms. The van der Waals surface area contributed by atoms with Crippen molar-refractivity contribution in [3.63, 3.8) is 0 Å². The van der Waals surface area contributed by atoms with Gasteiger partial charge in [-0.3, -0.25) is 4.79 Å². The summed E-state index contributed by atoms with van der Waals surface area (Å²) < 4.78 is 11.7. The lowest BCUT2D eigenvalue weighted by Crippen LogP contribution is -2.59. The second-order valence-electron chi connectivity index (χ2n) is 8.36. The topological polar surface area (TPSA) is 67.9 Å². The predicted molar refractivity (Wildman–Crippen MR) is 109 cm³/mol. The summed E-state index contributed by atoms with van der Waals surface area (Å²) in [5.41, 5.74) is -1.53. The highest BCUT2D eigenvalue weighted by molar-refractivity contribution is 5.86. The highest BCUT2D eigenvalue weighted by Gasteiger charge is 2.45. The molecule has 0 spiro atoms. The minimum Gasteiger partial charge on any atom is -0.477 e. The maximum atomic E-state index is 13.2. The number of hydrogen-bond donors (Lipinski definition) is 1. The van der Waals surface area contributed by atoms with Crippen molar-refractivity contribution in [3.05, 3.63) is 30.3 Å². The van der Waals surface area contributed by atoms with E-state index in [1.54, 1.807) is 4.90 Å². The van der Waals surface area contributed by atoms with E-state index in [1.807, 2.05) is 51.1 Å². The molecule has 28 heavy (non-hydrogen) atoms. The maximum absolute atomic E-state index is 13.2. The summed E-state index contributed by atoms with van der Waals surface area (Å²) in [5.74, 6) is 0.557. The van der Waals surface area contributed by atoms with Crippen LogP contribution in [0.1, 0.15) is 60.3 Å². The van der Waals surface area contributed by atoms with Crippen molar-refractivity contribution in [3.8, 4) is 5.75 Å². The van der Waals surface area contributed by atoms with Crippen LogP contribution in [0.4, 0.5) is 4.79 Å². The number of piperidine rings is 1. The molecule has 1 saturated heterocycles. The minimum absolute atomic E-state index is 0.103. The van der Waals surface area contributed by atoms with Gasteiger partial charge in [0.2, 0.25) is 0 Å². The molecule has 0 atom stereocenters. The van der Waals surface area contributed by atoms with Crippen LogP contribution in [0.2, 0.25) is 0 Å². The molecule has 2 amide bonds. The van der Waals surface area contributed by atoms with Crippen molar-refractivity contribution in [2.75, 3.05) is 13.1 Å². The van der Waals surface area contributed by atoms with Gasteiger partial charge in [-0.05, 0) is 45.7 Å². The standard InChI is InChI=1S/C22H34N2O4/c1-6-17(7-2)23-19(25)22(27-18-11-9-8-10-12-18)13-15-24(16-14-22)20(26)28-21(3,4)5/h8-12,17H,6-7,13-16H2,1-5H3,(H,23,25). The van der Waals surface area contributed by atoms with Crippen LogP contribution < -0.4 is 10.1 Å². The molecule has 0 aliphatic carbocycles. The van der Waals surface area contributed by atoms with Crippen molar-refractivity contribution in [1.29, 1.82) is 0 Å². The Kier molecular flexibility index (Phi) is 7.33. The third-order valence-electron chi connectivity index (χ3n) is 5.01. The summed E-state index contributed by atoms with van der Waals surface area (Å²) in [6.07, 6.45) is 2.24. The number of nitrogens with zero attached hydrogens (tertiary/aromatic N) is 1. The van der Waals surface area contributed by atoms with Crippen molar-refractivity contribution in [2.45, 2.75) is 77.5 Å². The van der Waals surface area contributed by atoms with E-state index in [0.717, 1.165) is 12.8 Å². The molecule has 1 aliphatic rings. The van der Waals surface area contributed by atoms with E-state index in [-0.39, 0.29) is 18.0 Å². The minimum atomic E-state index is -0.984. The molecule has 1 aromatic carbocycles. The SMILES string of the molecule is CCC(CC)NC(=O)C1(Oc2ccccc2)CCN(C(=O)OC(C)(C)C)CC1. The summed E-state index contributed by atoms with van der Waals surface area (Å²) in [4.78, 5) is 27.2. The third-order valence-corrected chi connectivity index (χ3v) is 5.01. The van der Waals surface area contributed by atoms with Gasteiger partial charge in [-0.15, -0.1) is 0 Å². The van der Waals surface area contributed by atoms with Gasteiger partial charge >= 0.3 is 6.09 Å². The molecule has 2 rings (SSSR count). The van der Waals surface area contributed by atoms with Crippen LogP contribution in [0.25, 0.3) is 0 Å². The smallest absolute Gasteiger partial charge is 0.410 e. The fourth-order valence-corrected chi connectivity index (χ4v) is 3.28. The van der Waals surface area contributed by atoms with Crippen molar-refractivity contribution < 1.29 is 19.1 Å². The zero-order chi connectivity index (χ0) is 20.8. The number of hydrogen-bond acceptors (Lipinski definition) is 4. The van der Waals surface area contributed by atoms with Crippen molar-refractivity contribution in [1.82, 2.24) is 10.2 Å². The lowest BCUT2D eigenvalue weighted by molar-refractivity contribution is -0.142. The van der Waals surface area contributed by atoms with Gasteiger partial charge in [0.1, 0.15) is 11.4 Å². The molecule has 0 bridgehead atoms. The number of para-hydroxylation sites is 1. The van der Waals surface area contributed by atoms with Crippen LogP contribution in [-0.4, -0.2) is 47.2 Å². The average molecular weight is 391 g/mol. The van der Waals surface area contributed by atoms with E-state index in [9.17, 15) is 9.59 Å². The first-order valence-electron chi connectivity index (χ1n) is 10.2. The summed E-state index contributed by atoms with van der Waals surface area (Å²) in [6, 6.07) is 9.51. The zero-order valence-electron chi connectivity index (χ0n) is 17.8. The Hall–Kier alpha value is -2.24. The van der Waals surface area contributed by atoms with Gasteiger partial charge in [-0.2, -0.15) is 0 Å². The Labute approximate surface area is 168 Å². The first-order chi connectivity index (χ1) is 13.2. The van der Waals surface area contributed by atoms with Crippen LogP contribution >= 0.6 is 0 Å². The third kappa shape index (κ3) is 5.88. The first kappa shape index (κ1) is 22.1. The normalized spacial score (nSPS) is 16.6. The Morgan fingerprint density at radius 2 is 1.68 bits per heavy atom. The van der Waals surface area contributed by atoms with Gasteiger partial charge < -0.3 is 19.7 Å². The first-order valence-corrected chi connectivity index (χ1v) is 10.2. The molecular weight excluding hydrogens is 356 g/mol. The fraction of sp³-hybridized carbons (Fsp3) is 0.636. The highest BCUT2D eigenvalue weighted by atomic mass is 16.6. The number of likely N-dealkylation sites (tertiary alicyclic amines) is 1. The number of rotatable bonds is 6. The monoisotopic (exact) mass is 390 g/mol. The predicted octanol–water partition coefficient (Wildman–Crippen LogP) is 4.14. The number of amides is 2. The molecule has 0 aromatic heterocycles. The average Bonchev–Trinajstić information content (AvgIpc) is 2.65. The number of carbonyl (C=O) groups is 2. The molecule has 1 N–H and O–H groups in total. The summed E-state index contributed by atoms with van der Waals surface area (Å²) >= 11 is 0. The molecule has 1 fully saturated rings. The Morgan fingerprint density at radius 3 is 2.18 bits per heavy atom. The van der Waals surface area contributed by atoms with Gasteiger partial charge in [0, 0.05) is 32.0 Å². The number of benzene rings is 1. The lowest BCUT2D eigenvalue weighted by atomic mass is 9.89. The highest BCUT2D eigenvalue weighted by Crippen LogP contribution is 2.30. The van der Waals surface area contributed by atoms with Crippen molar-refractivity contribution in [2.24, 2.45) is 0 Å². The molecule has 1 aliphatic heterocycles. The molecular formula is C22H34N2O4. The number of ether oxygens (including phenoxy) is 2. The van der Waals surface area contributed by atoms with E-state index in [4.69, 9.17) is 9.47 Å². The molecule has 6 nitrogen and oxygen atoms in total. The van der Waals surface area contributed by atoms with E-state index < -0.39 is 11.2 Å². The van der Waals surface area contributed by atoms with E-state index in [0.29, 0.717) is 31.7 Å². The van der Waals surface area contributed by atoms with Gasteiger partial charge in [-0.1, -0.05) is 32.0 Å². The largest absolute Gasteiger partial charge is 0.477 e. The second-order valence-corrected chi connectivity index (χ2v) is 8.36. The zero-order valence-corrected chi connectivity index (χ0v) is 17.8. The molecule has 1 heterocycles. The fourth-order valence-electron chi connectivity index (χ4n) is 3.28. The number of carbonyl (C=O) groups excluding carboxylic acids is 2. The van der Waals surface area contributed by atoms with Gasteiger partial charge in [-0.25, -0.2) is 4.79 Å². The van der Waals surface area contributed by atoms with E-state index >= 15 is 0 Å². The van der Waals surface area contributed by atoms with Crippen molar-refractivity contribution >= 4 is 12.0 Å². The second kappa shape index (κ2) is 9.30. The Balaban J connectivity index is 2.14. The lowest BCUT2D eigenvalue weighted by Gasteiger charge is -2.41. The van der Waals surface area contributed by atoms with Gasteiger partial charge in [0.05, 0.1) is 0 Å². The quantitative estimate of drug-likeness (QED) is 0.793. The van der Waals surface area contributed by atoms with Crippen LogP contribution in [-0.2, 0) is 9.53 Å². The number of nitrogens with one attached hydrogen (secondary N) is 1. The summed E-state index contributed by atoms with van der Waals surface area (Å²) in [5, 5.41) is 3.13. The van der Waals surface area contributed by atoms with E-state index in [1.165, 1.54) is 0 Å². The van der Waals surface area contributed by atoms with Crippen LogP contribution in [0.5, 0.6) is 5.75 Å². The summed E-state index contributed by atoms with van der Waals surface area (Å²) in [7, 11) is 0. The van der Waals surface area contributed by atoms with Crippen LogP contribution in [0, 0.1) is 0 Å². The van der Waals surface area contributed by atoms with Crippen LogP contribution in [0.15, 0.2) is 30.3 Å². The van der Waals surface area contributed by atoms with Crippen LogP contribution in [0.3, 0.4) is 0 Å². The Morgan fingerprint density at radius 1 is 1.11 bits per heavy atom. The van der Waals surface area contributed by atoms with Gasteiger partial charge in [0.15, 0.2) is 5.60 Å². The molecule has 0 unspecified atom stereocenters. The van der Waals surface area contributed by atoms with E-state index in [2.05, 4.69) is 19.2 Å². The molecule has 0 saturated carbocycles.